The molecule has 3 N–H and O–H groups in total. The van der Waals surface area contributed by atoms with E-state index in [9.17, 15) is 24.4 Å². The van der Waals surface area contributed by atoms with Crippen molar-refractivity contribution in [3.05, 3.63) is 76.4 Å². The monoisotopic (exact) mass is 795 g/mol. The number of carbonyl (C=O) groups excluding carboxylic acids is 4. The van der Waals surface area contributed by atoms with Crippen molar-refractivity contribution in [3.8, 4) is 11.8 Å². The molecule has 4 fully saturated rings. The number of hydrogen-bond donors (Lipinski definition) is 2. The van der Waals surface area contributed by atoms with Crippen molar-refractivity contribution in [1.82, 2.24) is 25.3 Å². The SMILES string of the molecule is CC1(C)C(Oc2ccc(C#N)c(Cl)c2)C(C)(C)C1N(C(=O)c1ccc(N2CCN(CC3CCN(c4ccc(C(N)=O)nn4)CC3)CC2)cc1)C1CCC(=O)NC1=O. The van der Waals surface area contributed by atoms with Gasteiger partial charge in [-0.05, 0) is 73.7 Å². The molecule has 1 atom stereocenters. The number of hydrogen-bond acceptors (Lipinski definition) is 11. The Balaban J connectivity index is 0.986. The summed E-state index contributed by atoms with van der Waals surface area (Å²) < 4.78 is 6.51. The number of aromatic nitrogens is 2. The van der Waals surface area contributed by atoms with Gasteiger partial charge in [-0.2, -0.15) is 5.26 Å². The van der Waals surface area contributed by atoms with Gasteiger partial charge in [0.2, 0.25) is 11.8 Å². The number of nitrogens with two attached hydrogens (primary N) is 1. The van der Waals surface area contributed by atoms with Crippen molar-refractivity contribution in [1.29, 1.82) is 5.26 Å². The maximum Gasteiger partial charge on any atom is 0.269 e. The highest BCUT2D eigenvalue weighted by Gasteiger charge is 2.67. The molecule has 7 rings (SSSR count). The minimum absolute atomic E-state index is 0.144. The molecular weight excluding hydrogens is 746 g/mol. The first kappa shape index (κ1) is 40.0. The number of imide groups is 1. The third kappa shape index (κ3) is 8.00. The predicted octanol–water partition coefficient (Wildman–Crippen LogP) is 4.27. The molecule has 4 aliphatic rings. The number of piperazine rings is 1. The van der Waals surface area contributed by atoms with Gasteiger partial charge in [0.25, 0.3) is 11.8 Å². The third-order valence-corrected chi connectivity index (χ3v) is 12.7. The van der Waals surface area contributed by atoms with E-state index in [0.29, 0.717) is 27.8 Å². The van der Waals surface area contributed by atoms with E-state index >= 15 is 0 Å². The molecule has 3 saturated heterocycles. The zero-order chi connectivity index (χ0) is 40.6. The van der Waals surface area contributed by atoms with Gasteiger partial charge in [-0.15, -0.1) is 10.2 Å². The number of ether oxygens (including phenoxy) is 1. The van der Waals surface area contributed by atoms with E-state index in [1.165, 1.54) is 0 Å². The van der Waals surface area contributed by atoms with Gasteiger partial charge in [0, 0.05) is 80.4 Å². The van der Waals surface area contributed by atoms with Gasteiger partial charge in [0.15, 0.2) is 11.5 Å². The maximum atomic E-state index is 14.6. The lowest BCUT2D eigenvalue weighted by molar-refractivity contribution is -0.206. The topological polar surface area (TPSA) is 178 Å². The van der Waals surface area contributed by atoms with Crippen molar-refractivity contribution in [3.63, 3.8) is 0 Å². The number of nitriles is 1. The summed E-state index contributed by atoms with van der Waals surface area (Å²) in [5, 5.41) is 20.2. The second kappa shape index (κ2) is 15.9. The molecule has 4 amide bonds. The third-order valence-electron chi connectivity index (χ3n) is 12.3. The summed E-state index contributed by atoms with van der Waals surface area (Å²) in [5.74, 6) is 0.205. The van der Waals surface area contributed by atoms with Gasteiger partial charge in [-0.1, -0.05) is 39.3 Å². The standard InChI is InChI=1S/C42H50ClN9O5/c1-41(2)39(42(3,4)40(41)57-30-10-7-28(24-44)31(43)23-30)52(33-12-14-35(53)46-37(33)55)38(56)27-5-8-29(9-6-27)50-21-19-49(20-22-50)25-26-15-17-51(18-16-26)34-13-11-32(36(45)54)47-48-34/h5-11,13,23,26,33,39-40H,12,14-22,25H2,1-4H3,(H2,45,54)(H,46,53,55). The molecule has 1 aliphatic carbocycles. The minimum Gasteiger partial charge on any atom is -0.489 e. The first-order valence-corrected chi connectivity index (χ1v) is 20.0. The first-order chi connectivity index (χ1) is 27.2. The van der Waals surface area contributed by atoms with E-state index in [1.54, 1.807) is 29.2 Å². The van der Waals surface area contributed by atoms with E-state index < -0.39 is 34.7 Å². The molecule has 2 aromatic carbocycles. The van der Waals surface area contributed by atoms with Crippen molar-refractivity contribution in [2.45, 2.75) is 71.6 Å². The van der Waals surface area contributed by atoms with Crippen LogP contribution in [-0.4, -0.2) is 108 Å². The van der Waals surface area contributed by atoms with E-state index in [4.69, 9.17) is 22.1 Å². The Labute approximate surface area is 338 Å². The fourth-order valence-electron chi connectivity index (χ4n) is 9.80. The Bertz CT molecular complexity index is 2040. The molecule has 4 heterocycles. The van der Waals surface area contributed by atoms with Crippen LogP contribution in [0.4, 0.5) is 11.5 Å². The molecule has 0 bridgehead atoms. The number of nitrogens with one attached hydrogen (secondary N) is 1. The van der Waals surface area contributed by atoms with Gasteiger partial charge in [0.1, 0.15) is 24.0 Å². The van der Waals surface area contributed by atoms with Gasteiger partial charge < -0.3 is 25.2 Å². The van der Waals surface area contributed by atoms with Crippen molar-refractivity contribution >= 4 is 46.7 Å². The van der Waals surface area contributed by atoms with Crippen LogP contribution < -0.4 is 25.6 Å². The fraction of sp³-hybridized carbons (Fsp3) is 0.500. The Morgan fingerprint density at radius 2 is 1.61 bits per heavy atom. The number of primary amides is 1. The van der Waals surface area contributed by atoms with Crippen molar-refractivity contribution < 1.29 is 23.9 Å². The summed E-state index contributed by atoms with van der Waals surface area (Å²) in [4.78, 5) is 60.4. The van der Waals surface area contributed by atoms with E-state index in [0.717, 1.165) is 70.2 Å². The van der Waals surface area contributed by atoms with Crippen LogP contribution in [-0.2, 0) is 9.59 Å². The average molecular weight is 796 g/mol. The minimum atomic E-state index is -0.826. The number of piperidine rings is 2. The Morgan fingerprint density at radius 1 is 0.930 bits per heavy atom. The summed E-state index contributed by atoms with van der Waals surface area (Å²) in [7, 11) is 0. The second-order valence-electron chi connectivity index (χ2n) is 16.9. The highest BCUT2D eigenvalue weighted by atomic mass is 35.5. The summed E-state index contributed by atoms with van der Waals surface area (Å²) in [6, 6.07) is 16.9. The number of halogens is 1. The van der Waals surface area contributed by atoms with Gasteiger partial charge in [0.05, 0.1) is 16.6 Å². The highest BCUT2D eigenvalue weighted by Crippen LogP contribution is 2.59. The van der Waals surface area contributed by atoms with Gasteiger partial charge in [-0.25, -0.2) is 0 Å². The predicted molar refractivity (Wildman–Crippen MR) is 215 cm³/mol. The molecule has 14 nitrogen and oxygen atoms in total. The van der Waals surface area contributed by atoms with Crippen LogP contribution in [0.1, 0.15) is 79.8 Å². The largest absolute Gasteiger partial charge is 0.489 e. The van der Waals surface area contributed by atoms with Crippen molar-refractivity contribution in [2.75, 3.05) is 55.6 Å². The quantitative estimate of drug-likeness (QED) is 0.280. The lowest BCUT2D eigenvalue weighted by Crippen LogP contribution is -2.77. The lowest BCUT2D eigenvalue weighted by atomic mass is 9.48. The van der Waals surface area contributed by atoms with Crippen LogP contribution in [0.3, 0.4) is 0 Å². The molecule has 57 heavy (non-hydrogen) atoms. The van der Waals surface area contributed by atoms with Gasteiger partial charge in [-0.3, -0.25) is 29.4 Å². The second-order valence-corrected chi connectivity index (χ2v) is 17.3. The number of amides is 4. The number of nitrogens with zero attached hydrogens (tertiary/aromatic N) is 7. The molecule has 0 spiro atoms. The lowest BCUT2D eigenvalue weighted by Gasteiger charge is -2.66. The number of benzene rings is 2. The maximum absolute atomic E-state index is 14.6. The number of anilines is 2. The highest BCUT2D eigenvalue weighted by molar-refractivity contribution is 6.31. The molecule has 1 unspecified atom stereocenters. The Morgan fingerprint density at radius 3 is 2.19 bits per heavy atom. The zero-order valence-corrected chi connectivity index (χ0v) is 33.7. The zero-order valence-electron chi connectivity index (χ0n) is 32.9. The normalized spacial score (nSPS) is 23.5. The van der Waals surface area contributed by atoms with E-state index in [2.05, 4.69) is 36.3 Å². The summed E-state index contributed by atoms with van der Waals surface area (Å²) >= 11 is 6.32. The molecule has 1 aromatic heterocycles. The molecule has 3 aromatic rings. The number of rotatable bonds is 10. The summed E-state index contributed by atoms with van der Waals surface area (Å²) in [5.41, 5.74) is 6.12. The van der Waals surface area contributed by atoms with Crippen LogP contribution >= 0.6 is 11.6 Å². The van der Waals surface area contributed by atoms with Crippen LogP contribution in [0.5, 0.6) is 5.75 Å². The van der Waals surface area contributed by atoms with Crippen molar-refractivity contribution in [2.24, 2.45) is 22.5 Å². The Hall–Kier alpha value is -5.26. The van der Waals surface area contributed by atoms with Gasteiger partial charge >= 0.3 is 0 Å². The van der Waals surface area contributed by atoms with Crippen LogP contribution in [0.25, 0.3) is 0 Å². The number of carbonyl (C=O) groups is 4. The van der Waals surface area contributed by atoms with E-state index in [1.807, 2.05) is 58.0 Å². The van der Waals surface area contributed by atoms with Crippen LogP contribution in [0, 0.1) is 28.1 Å². The first-order valence-electron chi connectivity index (χ1n) is 19.7. The Kier molecular flexibility index (Phi) is 11.2. The molecule has 1 saturated carbocycles. The fourth-order valence-corrected chi connectivity index (χ4v) is 10.0. The molecule has 0 radical (unpaired) electrons. The van der Waals surface area contributed by atoms with Crippen LogP contribution in [0.15, 0.2) is 54.6 Å². The molecular formula is C42H50ClN9O5. The van der Waals surface area contributed by atoms with E-state index in [-0.39, 0.29) is 36.5 Å². The molecule has 3 aliphatic heterocycles. The average Bonchev–Trinajstić information content (AvgIpc) is 3.19. The summed E-state index contributed by atoms with van der Waals surface area (Å²) in [6.45, 7) is 14.5. The van der Waals surface area contributed by atoms with Crippen LogP contribution in [0.2, 0.25) is 5.02 Å². The molecule has 300 valence electrons. The molecule has 15 heteroatoms. The smallest absolute Gasteiger partial charge is 0.269 e. The summed E-state index contributed by atoms with van der Waals surface area (Å²) in [6.07, 6.45) is 2.13.